The van der Waals surface area contributed by atoms with Crippen molar-refractivity contribution in [2.45, 2.75) is 11.9 Å². The number of ether oxygens (including phenoxy) is 1. The van der Waals surface area contributed by atoms with E-state index in [2.05, 4.69) is 0 Å². The van der Waals surface area contributed by atoms with Crippen LogP contribution in [0, 0.1) is 0 Å². The molecule has 7 heteroatoms. The monoisotopic (exact) mass is 262 g/mol. The first-order chi connectivity index (χ1) is 7.90. The van der Waals surface area contributed by atoms with E-state index >= 15 is 0 Å². The average molecular weight is 263 g/mol. The van der Waals surface area contributed by atoms with Crippen molar-refractivity contribution in [2.75, 3.05) is 6.61 Å². The molecule has 1 aromatic carbocycles. The third-order valence-corrected chi connectivity index (χ3v) is 2.27. The van der Waals surface area contributed by atoms with Gasteiger partial charge in [0.05, 0.1) is 6.61 Å². The molecule has 0 radical (unpaired) electrons. The summed E-state index contributed by atoms with van der Waals surface area (Å²) in [5, 5.41) is 36.7. The molecule has 0 heterocycles. The van der Waals surface area contributed by atoms with Crippen molar-refractivity contribution in [1.82, 2.24) is 0 Å². The topological polar surface area (TPSA) is 107 Å². The maximum Gasteiger partial charge on any atom is 0.380 e. The molecule has 0 aliphatic heterocycles. The van der Waals surface area contributed by atoms with Crippen molar-refractivity contribution in [1.29, 1.82) is 0 Å². The van der Waals surface area contributed by atoms with E-state index in [1.807, 2.05) is 0 Å². The molecular formula is C10H11ClO6. The normalized spacial score (nSPS) is 16.0. The lowest BCUT2D eigenvalue weighted by Gasteiger charge is -2.27. The standard InChI is InChI=1S/C10H11ClO6/c11-6-1-3-7(4-2-6)17-10(16,9(14)15)8(13)5-12/h1-4,8,12-13,16H,5H2,(H,14,15). The van der Waals surface area contributed by atoms with Gasteiger partial charge in [-0.2, -0.15) is 0 Å². The van der Waals surface area contributed by atoms with Gasteiger partial charge in [-0.3, -0.25) is 0 Å². The SMILES string of the molecule is O=C(O)C(O)(Oc1ccc(Cl)cc1)C(O)CO. The van der Waals surface area contributed by atoms with Crippen molar-refractivity contribution in [3.63, 3.8) is 0 Å². The Balaban J connectivity index is 2.94. The predicted octanol–water partition coefficient (Wildman–Crippen LogP) is -0.155. The van der Waals surface area contributed by atoms with Crippen LogP contribution in [0.1, 0.15) is 0 Å². The molecule has 0 bridgehead atoms. The summed E-state index contributed by atoms with van der Waals surface area (Å²) in [5.74, 6) is -4.73. The maximum absolute atomic E-state index is 10.8. The molecule has 0 aliphatic carbocycles. The van der Waals surface area contributed by atoms with Crippen LogP contribution in [-0.2, 0) is 4.79 Å². The summed E-state index contributed by atoms with van der Waals surface area (Å²) < 4.78 is 4.76. The van der Waals surface area contributed by atoms with Crippen molar-refractivity contribution in [3.05, 3.63) is 29.3 Å². The molecule has 0 saturated heterocycles. The van der Waals surface area contributed by atoms with Crippen molar-refractivity contribution >= 4 is 17.6 Å². The van der Waals surface area contributed by atoms with Crippen LogP contribution in [0.15, 0.2) is 24.3 Å². The fourth-order valence-electron chi connectivity index (χ4n) is 1.06. The molecular weight excluding hydrogens is 252 g/mol. The van der Waals surface area contributed by atoms with Crippen LogP contribution in [0.3, 0.4) is 0 Å². The minimum Gasteiger partial charge on any atom is -0.476 e. The van der Waals surface area contributed by atoms with E-state index in [1.165, 1.54) is 24.3 Å². The molecule has 2 atom stereocenters. The van der Waals surface area contributed by atoms with E-state index in [4.69, 9.17) is 26.6 Å². The second-order valence-corrected chi connectivity index (χ2v) is 3.69. The number of hydrogen-bond acceptors (Lipinski definition) is 5. The third kappa shape index (κ3) is 3.07. The highest BCUT2D eigenvalue weighted by Crippen LogP contribution is 2.22. The lowest BCUT2D eigenvalue weighted by Crippen LogP contribution is -2.55. The van der Waals surface area contributed by atoms with Crippen molar-refractivity contribution in [2.24, 2.45) is 0 Å². The number of aliphatic hydroxyl groups excluding tert-OH is 2. The van der Waals surface area contributed by atoms with E-state index < -0.39 is 24.5 Å². The van der Waals surface area contributed by atoms with Gasteiger partial charge in [0.1, 0.15) is 5.75 Å². The quantitative estimate of drug-likeness (QED) is 0.550. The summed E-state index contributed by atoms with van der Waals surface area (Å²) >= 11 is 5.61. The number of carboxylic acids is 1. The Morgan fingerprint density at radius 3 is 2.35 bits per heavy atom. The molecule has 0 amide bonds. The van der Waals surface area contributed by atoms with Gasteiger partial charge in [0.2, 0.25) is 0 Å². The number of halogens is 1. The molecule has 0 fully saturated rings. The predicted molar refractivity (Wildman–Crippen MR) is 57.8 cm³/mol. The van der Waals surface area contributed by atoms with Gasteiger partial charge in [-0.15, -0.1) is 0 Å². The molecule has 0 aromatic heterocycles. The Kier molecular flexibility index (Phi) is 4.30. The molecule has 6 nitrogen and oxygen atoms in total. The van der Waals surface area contributed by atoms with Crippen LogP contribution in [0.25, 0.3) is 0 Å². The van der Waals surface area contributed by atoms with Gasteiger partial charge in [-0.25, -0.2) is 4.79 Å². The summed E-state index contributed by atoms with van der Waals surface area (Å²) in [4.78, 5) is 10.8. The van der Waals surface area contributed by atoms with Crippen molar-refractivity contribution in [3.8, 4) is 5.75 Å². The van der Waals surface area contributed by atoms with E-state index in [1.54, 1.807) is 0 Å². The highest BCUT2D eigenvalue weighted by molar-refractivity contribution is 6.30. The summed E-state index contributed by atoms with van der Waals surface area (Å²) in [5.41, 5.74) is 0. The molecule has 1 rings (SSSR count). The fraction of sp³-hybridized carbons (Fsp3) is 0.300. The number of hydrogen-bond donors (Lipinski definition) is 4. The van der Waals surface area contributed by atoms with Gasteiger partial charge in [0.15, 0.2) is 6.10 Å². The number of aliphatic hydroxyl groups is 3. The van der Waals surface area contributed by atoms with E-state index in [0.717, 1.165) is 0 Å². The minimum absolute atomic E-state index is 0.00759. The highest BCUT2D eigenvalue weighted by Gasteiger charge is 2.46. The molecule has 0 aliphatic rings. The van der Waals surface area contributed by atoms with Gasteiger partial charge in [0, 0.05) is 5.02 Å². The number of carbonyl (C=O) groups is 1. The van der Waals surface area contributed by atoms with E-state index in [-0.39, 0.29) is 5.75 Å². The number of benzene rings is 1. The van der Waals surface area contributed by atoms with E-state index in [0.29, 0.717) is 5.02 Å². The first kappa shape index (κ1) is 13.7. The Morgan fingerprint density at radius 2 is 1.94 bits per heavy atom. The van der Waals surface area contributed by atoms with Gasteiger partial charge in [0.25, 0.3) is 0 Å². The lowest BCUT2D eigenvalue weighted by atomic mass is 10.1. The van der Waals surface area contributed by atoms with Crippen LogP contribution in [-0.4, -0.2) is 44.9 Å². The lowest BCUT2D eigenvalue weighted by molar-refractivity contribution is -0.229. The Bertz CT molecular complexity index is 392. The largest absolute Gasteiger partial charge is 0.476 e. The Hall–Kier alpha value is -1.34. The van der Waals surface area contributed by atoms with Crippen LogP contribution < -0.4 is 4.74 Å². The molecule has 2 unspecified atom stereocenters. The number of rotatable bonds is 5. The summed E-state index contributed by atoms with van der Waals surface area (Å²) in [6, 6.07) is 5.48. The smallest absolute Gasteiger partial charge is 0.380 e. The zero-order chi connectivity index (χ0) is 13.1. The molecule has 0 spiro atoms. The Morgan fingerprint density at radius 1 is 1.41 bits per heavy atom. The molecule has 4 N–H and O–H groups in total. The van der Waals surface area contributed by atoms with Gasteiger partial charge >= 0.3 is 11.8 Å². The van der Waals surface area contributed by atoms with Crippen LogP contribution in [0.2, 0.25) is 5.02 Å². The van der Waals surface area contributed by atoms with Crippen LogP contribution >= 0.6 is 11.6 Å². The Labute approximate surface area is 102 Å². The molecule has 17 heavy (non-hydrogen) atoms. The highest BCUT2D eigenvalue weighted by atomic mass is 35.5. The maximum atomic E-state index is 10.8. The van der Waals surface area contributed by atoms with Gasteiger partial charge < -0.3 is 25.2 Å². The summed E-state index contributed by atoms with van der Waals surface area (Å²) in [6.07, 6.45) is -1.98. The summed E-state index contributed by atoms with van der Waals surface area (Å²) in [7, 11) is 0. The molecule has 1 aromatic rings. The first-order valence-corrected chi connectivity index (χ1v) is 4.97. The number of aliphatic carboxylic acids is 1. The average Bonchev–Trinajstić information content (AvgIpc) is 2.30. The van der Waals surface area contributed by atoms with Gasteiger partial charge in [-0.1, -0.05) is 11.6 Å². The number of carboxylic acid groups (broad SMARTS) is 1. The molecule has 0 saturated carbocycles. The van der Waals surface area contributed by atoms with Crippen molar-refractivity contribution < 1.29 is 30.0 Å². The third-order valence-electron chi connectivity index (χ3n) is 2.02. The zero-order valence-electron chi connectivity index (χ0n) is 8.58. The van der Waals surface area contributed by atoms with Crippen LogP contribution in [0.5, 0.6) is 5.75 Å². The zero-order valence-corrected chi connectivity index (χ0v) is 9.33. The summed E-state index contributed by atoms with van der Waals surface area (Å²) in [6.45, 7) is -0.962. The van der Waals surface area contributed by atoms with Crippen LogP contribution in [0.4, 0.5) is 0 Å². The minimum atomic E-state index is -2.91. The van der Waals surface area contributed by atoms with Gasteiger partial charge in [-0.05, 0) is 24.3 Å². The second-order valence-electron chi connectivity index (χ2n) is 3.26. The first-order valence-electron chi connectivity index (χ1n) is 4.59. The molecule has 94 valence electrons. The second kappa shape index (κ2) is 5.33. The fourth-order valence-corrected chi connectivity index (χ4v) is 1.19. The van der Waals surface area contributed by atoms with E-state index in [9.17, 15) is 15.0 Å².